The van der Waals surface area contributed by atoms with Gasteiger partial charge < -0.3 is 0 Å². The zero-order valence-corrected chi connectivity index (χ0v) is 6.83. The molecule has 0 unspecified atom stereocenters. The van der Waals surface area contributed by atoms with Gasteiger partial charge >= 0.3 is 0 Å². The molecule has 0 fully saturated rings. The Labute approximate surface area is 66.5 Å². The minimum atomic E-state index is 0.526. The Hall–Kier alpha value is -1.24. The first-order chi connectivity index (χ1) is 5.24. The van der Waals surface area contributed by atoms with E-state index in [2.05, 4.69) is 30.6 Å². The van der Waals surface area contributed by atoms with Crippen LogP contribution in [0.3, 0.4) is 0 Å². The number of hydrogen-bond donors (Lipinski definition) is 1. The lowest BCUT2D eigenvalue weighted by molar-refractivity contribution is 0.545. The highest BCUT2D eigenvalue weighted by Crippen LogP contribution is 2.07. The van der Waals surface area contributed by atoms with E-state index in [1.807, 2.05) is 0 Å². The number of amidine groups is 1. The summed E-state index contributed by atoms with van der Waals surface area (Å²) in [4.78, 5) is 1.57. The average Bonchev–Trinajstić information content (AvgIpc) is 2.34. The van der Waals surface area contributed by atoms with E-state index in [9.17, 15) is 0 Å². The average molecular weight is 152 g/mol. The Morgan fingerprint density at radius 3 is 3.09 bits per heavy atom. The van der Waals surface area contributed by atoms with Gasteiger partial charge in [0.25, 0.3) is 0 Å². The van der Waals surface area contributed by atoms with Crippen LogP contribution in [0.4, 0.5) is 0 Å². The van der Waals surface area contributed by atoms with Gasteiger partial charge in [-0.15, -0.1) is 0 Å². The second-order valence-electron chi connectivity index (χ2n) is 2.97. The van der Waals surface area contributed by atoms with E-state index in [1.54, 1.807) is 4.90 Å². The minimum absolute atomic E-state index is 0.526. The van der Waals surface area contributed by atoms with Gasteiger partial charge in [-0.2, -0.15) is 10.4 Å². The molecule has 0 amide bonds. The molecular weight excluding hydrogens is 140 g/mol. The second kappa shape index (κ2) is 3.24. The van der Waals surface area contributed by atoms with Crippen LogP contribution in [0.15, 0.2) is 5.10 Å². The number of nitrogens with zero attached hydrogens (tertiary/aromatic N) is 3. The summed E-state index contributed by atoms with van der Waals surface area (Å²) in [6.07, 6.45) is 2.92. The lowest BCUT2D eigenvalue weighted by Crippen LogP contribution is -2.24. The quantitative estimate of drug-likeness (QED) is 0.592. The van der Waals surface area contributed by atoms with E-state index in [0.29, 0.717) is 12.6 Å². The molecular formula is C7H12N4. The summed E-state index contributed by atoms with van der Waals surface area (Å²) in [7, 11) is 0. The molecule has 0 spiro atoms. The number of nitriles is 1. The summed E-state index contributed by atoms with van der Waals surface area (Å²) >= 11 is 0. The molecule has 1 rings (SSSR count). The Morgan fingerprint density at radius 1 is 1.82 bits per heavy atom. The van der Waals surface area contributed by atoms with Crippen LogP contribution in [0, 0.1) is 17.4 Å². The maximum Gasteiger partial charge on any atom is 0.187 e. The third kappa shape index (κ3) is 1.84. The van der Waals surface area contributed by atoms with E-state index in [0.717, 1.165) is 12.3 Å². The molecule has 1 aliphatic heterocycles. The largest absolute Gasteiger partial charge is 0.288 e. The molecule has 1 aliphatic rings. The third-order valence-corrected chi connectivity index (χ3v) is 1.46. The predicted octanol–water partition coefficient (Wildman–Crippen LogP) is 0.690. The second-order valence-corrected chi connectivity index (χ2v) is 2.97. The van der Waals surface area contributed by atoms with E-state index in [-0.39, 0.29) is 0 Å². The zero-order chi connectivity index (χ0) is 8.27. The van der Waals surface area contributed by atoms with E-state index >= 15 is 0 Å². The zero-order valence-electron chi connectivity index (χ0n) is 6.83. The highest BCUT2D eigenvalue weighted by Gasteiger charge is 2.16. The molecule has 60 valence electrons. The van der Waals surface area contributed by atoms with Gasteiger partial charge in [0.05, 0.1) is 0 Å². The van der Waals surface area contributed by atoms with Crippen molar-refractivity contribution in [2.75, 3.05) is 6.67 Å². The molecule has 0 saturated carbocycles. The molecule has 0 radical (unpaired) electrons. The van der Waals surface area contributed by atoms with E-state index in [4.69, 9.17) is 5.26 Å². The Kier molecular flexibility index (Phi) is 2.32. The lowest BCUT2D eigenvalue weighted by Gasteiger charge is -2.09. The lowest BCUT2D eigenvalue weighted by atomic mass is 10.1. The van der Waals surface area contributed by atoms with Crippen molar-refractivity contribution in [3.8, 4) is 6.19 Å². The highest BCUT2D eigenvalue weighted by molar-refractivity contribution is 5.84. The van der Waals surface area contributed by atoms with Crippen LogP contribution < -0.4 is 5.43 Å². The molecule has 0 aliphatic carbocycles. The van der Waals surface area contributed by atoms with Gasteiger partial charge in [-0.25, -0.2) is 4.90 Å². The van der Waals surface area contributed by atoms with Crippen LogP contribution in [-0.2, 0) is 0 Å². The molecule has 0 atom stereocenters. The Morgan fingerprint density at radius 2 is 2.55 bits per heavy atom. The molecule has 0 aromatic carbocycles. The number of nitrogens with one attached hydrogen (secondary N) is 1. The van der Waals surface area contributed by atoms with Crippen molar-refractivity contribution in [3.05, 3.63) is 0 Å². The van der Waals surface area contributed by atoms with Crippen LogP contribution in [0.25, 0.3) is 0 Å². The maximum absolute atomic E-state index is 8.60. The van der Waals surface area contributed by atoms with Crippen molar-refractivity contribution in [3.63, 3.8) is 0 Å². The molecule has 0 saturated heterocycles. The molecule has 4 heteroatoms. The summed E-state index contributed by atoms with van der Waals surface area (Å²) in [5, 5.41) is 12.6. The van der Waals surface area contributed by atoms with Crippen molar-refractivity contribution in [1.29, 1.82) is 5.26 Å². The smallest absolute Gasteiger partial charge is 0.187 e. The van der Waals surface area contributed by atoms with Gasteiger partial charge in [0.15, 0.2) is 6.19 Å². The maximum atomic E-state index is 8.60. The fourth-order valence-corrected chi connectivity index (χ4v) is 0.963. The summed E-state index contributed by atoms with van der Waals surface area (Å²) in [5.41, 5.74) is 2.77. The van der Waals surface area contributed by atoms with Gasteiger partial charge in [0, 0.05) is 6.42 Å². The summed E-state index contributed by atoms with van der Waals surface area (Å²) in [6.45, 7) is 4.74. The molecule has 11 heavy (non-hydrogen) atoms. The topological polar surface area (TPSA) is 51.4 Å². The number of rotatable bonds is 2. The fourth-order valence-electron chi connectivity index (χ4n) is 0.963. The van der Waals surface area contributed by atoms with Crippen molar-refractivity contribution in [1.82, 2.24) is 10.3 Å². The van der Waals surface area contributed by atoms with Crippen molar-refractivity contribution >= 4 is 5.84 Å². The fraction of sp³-hybridized carbons (Fsp3) is 0.714. The van der Waals surface area contributed by atoms with Gasteiger partial charge in [0.1, 0.15) is 12.5 Å². The van der Waals surface area contributed by atoms with Crippen LogP contribution in [-0.4, -0.2) is 17.4 Å². The number of hydrogen-bond acceptors (Lipinski definition) is 4. The standard InChI is InChI=1S/C7H12N4/c1-6(2)3-7-10-9-5-11(7)4-8/h6,9H,3,5H2,1-2H3. The monoisotopic (exact) mass is 152 g/mol. The van der Waals surface area contributed by atoms with Crippen LogP contribution in [0.1, 0.15) is 20.3 Å². The Bertz CT molecular complexity index is 201. The van der Waals surface area contributed by atoms with Gasteiger partial charge in [0.2, 0.25) is 0 Å². The first-order valence-corrected chi connectivity index (χ1v) is 3.70. The number of hydrazone groups is 1. The minimum Gasteiger partial charge on any atom is -0.288 e. The predicted molar refractivity (Wildman–Crippen MR) is 42.3 cm³/mol. The SMILES string of the molecule is CC(C)CC1=NNCN1C#N. The molecule has 0 bridgehead atoms. The van der Waals surface area contributed by atoms with E-state index < -0.39 is 0 Å². The summed E-state index contributed by atoms with van der Waals surface area (Å²) < 4.78 is 0. The van der Waals surface area contributed by atoms with Crippen LogP contribution in [0.2, 0.25) is 0 Å². The molecule has 1 heterocycles. The van der Waals surface area contributed by atoms with Crippen molar-refractivity contribution < 1.29 is 0 Å². The highest BCUT2D eigenvalue weighted by atomic mass is 15.5. The summed E-state index contributed by atoms with van der Waals surface area (Å²) in [6, 6.07) is 0. The third-order valence-electron chi connectivity index (χ3n) is 1.46. The molecule has 1 N–H and O–H groups in total. The molecule has 4 nitrogen and oxygen atoms in total. The first-order valence-electron chi connectivity index (χ1n) is 3.70. The Balaban J connectivity index is 2.51. The normalized spacial score (nSPS) is 16.2. The van der Waals surface area contributed by atoms with Crippen LogP contribution in [0.5, 0.6) is 0 Å². The van der Waals surface area contributed by atoms with Gasteiger partial charge in [-0.05, 0) is 5.92 Å². The van der Waals surface area contributed by atoms with Gasteiger partial charge in [-0.1, -0.05) is 13.8 Å². The molecule has 0 aromatic heterocycles. The van der Waals surface area contributed by atoms with Crippen LogP contribution >= 0.6 is 0 Å². The molecule has 0 aromatic rings. The van der Waals surface area contributed by atoms with Crippen molar-refractivity contribution in [2.45, 2.75) is 20.3 Å². The van der Waals surface area contributed by atoms with Gasteiger partial charge in [-0.3, -0.25) is 5.43 Å². The summed E-state index contributed by atoms with van der Waals surface area (Å²) in [5.74, 6) is 1.40. The first kappa shape index (κ1) is 7.86. The van der Waals surface area contributed by atoms with Crippen molar-refractivity contribution in [2.24, 2.45) is 11.0 Å². The van der Waals surface area contributed by atoms with E-state index in [1.165, 1.54) is 0 Å².